The predicted octanol–water partition coefficient (Wildman–Crippen LogP) is -0.163. The molecular weight excluding hydrogens is 388 g/mol. The average molecular weight is 421 g/mol. The number of esters is 2. The number of hydrogen-bond donors (Lipinski definition) is 2. The second-order valence-electron chi connectivity index (χ2n) is 6.18. The summed E-state index contributed by atoms with van der Waals surface area (Å²) in [6.45, 7) is 12.5. The van der Waals surface area contributed by atoms with Gasteiger partial charge < -0.3 is 19.7 Å². The Balaban J connectivity index is 0.000000277. The monoisotopic (exact) mass is 420 g/mol. The summed E-state index contributed by atoms with van der Waals surface area (Å²) < 4.78 is 10.4. The SMILES string of the molecule is CCOC(=O)CN1CCN(C(=S)S)CC1.CCOC(=O)CN1CCNCC1. The summed E-state index contributed by atoms with van der Waals surface area (Å²) in [6, 6.07) is 0. The van der Waals surface area contributed by atoms with Gasteiger partial charge in [-0.1, -0.05) is 12.2 Å². The fraction of sp³-hybridized carbons (Fsp3) is 0.824. The van der Waals surface area contributed by atoms with Crippen LogP contribution in [0.4, 0.5) is 0 Å². The zero-order valence-corrected chi connectivity index (χ0v) is 18.0. The van der Waals surface area contributed by atoms with Crippen LogP contribution in [0.25, 0.3) is 0 Å². The Morgan fingerprint density at radius 2 is 1.33 bits per heavy atom. The first-order valence-electron chi connectivity index (χ1n) is 9.40. The van der Waals surface area contributed by atoms with Crippen LogP contribution in [0.5, 0.6) is 0 Å². The first-order chi connectivity index (χ1) is 13.0. The Hall–Kier alpha value is -0.940. The molecule has 2 saturated heterocycles. The highest BCUT2D eigenvalue weighted by atomic mass is 32.1. The van der Waals surface area contributed by atoms with Gasteiger partial charge in [0.1, 0.15) is 4.32 Å². The molecule has 0 aromatic heterocycles. The lowest BCUT2D eigenvalue weighted by molar-refractivity contribution is -0.145. The number of nitrogens with one attached hydrogen (secondary N) is 1. The lowest BCUT2D eigenvalue weighted by Crippen LogP contribution is -2.48. The number of thiocarbonyl (C=S) groups is 1. The molecule has 8 nitrogen and oxygen atoms in total. The predicted molar refractivity (Wildman–Crippen MR) is 112 cm³/mol. The number of rotatable bonds is 6. The Morgan fingerprint density at radius 3 is 1.74 bits per heavy atom. The lowest BCUT2D eigenvalue weighted by Gasteiger charge is -2.34. The van der Waals surface area contributed by atoms with Crippen LogP contribution in [0.3, 0.4) is 0 Å². The third-order valence-electron chi connectivity index (χ3n) is 4.17. The molecule has 1 N–H and O–H groups in total. The third-order valence-corrected chi connectivity index (χ3v) is 4.71. The van der Waals surface area contributed by atoms with Crippen molar-refractivity contribution in [3.63, 3.8) is 0 Å². The van der Waals surface area contributed by atoms with E-state index in [-0.39, 0.29) is 11.9 Å². The van der Waals surface area contributed by atoms with Crippen LogP contribution in [0, 0.1) is 0 Å². The Kier molecular flexibility index (Phi) is 12.6. The van der Waals surface area contributed by atoms with E-state index in [1.165, 1.54) is 0 Å². The second kappa shape index (κ2) is 14.1. The van der Waals surface area contributed by atoms with E-state index >= 15 is 0 Å². The van der Waals surface area contributed by atoms with Crippen molar-refractivity contribution < 1.29 is 19.1 Å². The van der Waals surface area contributed by atoms with Gasteiger partial charge in [0.15, 0.2) is 0 Å². The maximum Gasteiger partial charge on any atom is 0.320 e. The van der Waals surface area contributed by atoms with Gasteiger partial charge in [0.25, 0.3) is 0 Å². The van der Waals surface area contributed by atoms with Crippen LogP contribution >= 0.6 is 24.8 Å². The van der Waals surface area contributed by atoms with Crippen molar-refractivity contribution in [1.29, 1.82) is 0 Å². The average Bonchev–Trinajstić information content (AvgIpc) is 2.64. The fourth-order valence-corrected chi connectivity index (χ4v) is 3.13. The van der Waals surface area contributed by atoms with Gasteiger partial charge in [0.05, 0.1) is 26.3 Å². The fourth-order valence-electron chi connectivity index (χ4n) is 2.74. The molecule has 156 valence electrons. The molecule has 0 spiro atoms. The minimum absolute atomic E-state index is 0.112. The molecule has 10 heteroatoms. The number of hydrogen-bond acceptors (Lipinski definition) is 8. The normalized spacial score (nSPS) is 18.3. The van der Waals surface area contributed by atoms with Crippen LogP contribution in [0.1, 0.15) is 13.8 Å². The summed E-state index contributed by atoms with van der Waals surface area (Å²) >= 11 is 9.08. The Labute approximate surface area is 172 Å². The number of piperazine rings is 2. The first-order valence-corrected chi connectivity index (χ1v) is 10.3. The number of carbonyl (C=O) groups is 2. The van der Waals surface area contributed by atoms with Gasteiger partial charge in [0.2, 0.25) is 0 Å². The quantitative estimate of drug-likeness (QED) is 0.346. The smallest absolute Gasteiger partial charge is 0.320 e. The summed E-state index contributed by atoms with van der Waals surface area (Å²) in [6.07, 6.45) is 0. The molecule has 2 rings (SSSR count). The molecule has 0 aromatic rings. The number of thiol groups is 1. The van der Waals surface area contributed by atoms with Crippen molar-refractivity contribution in [2.75, 3.05) is 78.7 Å². The Bertz CT molecular complexity index is 468. The third kappa shape index (κ3) is 10.8. The lowest BCUT2D eigenvalue weighted by atomic mass is 10.3. The van der Waals surface area contributed by atoms with E-state index in [9.17, 15) is 9.59 Å². The molecule has 27 heavy (non-hydrogen) atoms. The van der Waals surface area contributed by atoms with Crippen LogP contribution in [-0.4, -0.2) is 110 Å². The van der Waals surface area contributed by atoms with E-state index in [0.29, 0.717) is 30.6 Å². The van der Waals surface area contributed by atoms with Crippen molar-refractivity contribution in [2.24, 2.45) is 0 Å². The van der Waals surface area contributed by atoms with Gasteiger partial charge in [-0.3, -0.25) is 19.4 Å². The van der Waals surface area contributed by atoms with Crippen molar-refractivity contribution in [3.8, 4) is 0 Å². The number of ether oxygens (including phenoxy) is 2. The molecule has 0 unspecified atom stereocenters. The van der Waals surface area contributed by atoms with Gasteiger partial charge in [-0.25, -0.2) is 0 Å². The van der Waals surface area contributed by atoms with Gasteiger partial charge in [0, 0.05) is 52.4 Å². The van der Waals surface area contributed by atoms with Crippen molar-refractivity contribution in [3.05, 3.63) is 0 Å². The Morgan fingerprint density at radius 1 is 0.889 bits per heavy atom. The molecule has 0 aromatic carbocycles. The van der Waals surface area contributed by atoms with Crippen LogP contribution in [0.2, 0.25) is 0 Å². The van der Waals surface area contributed by atoms with Crippen molar-refractivity contribution in [2.45, 2.75) is 13.8 Å². The highest BCUT2D eigenvalue weighted by molar-refractivity contribution is 8.10. The molecule has 2 heterocycles. The maximum atomic E-state index is 11.2. The van der Waals surface area contributed by atoms with Crippen molar-refractivity contribution in [1.82, 2.24) is 20.0 Å². The second-order valence-corrected chi connectivity index (χ2v) is 7.29. The van der Waals surface area contributed by atoms with Gasteiger partial charge in [-0.2, -0.15) is 0 Å². The molecule has 0 bridgehead atoms. The summed E-state index contributed by atoms with van der Waals surface area (Å²) in [5.41, 5.74) is 0. The summed E-state index contributed by atoms with van der Waals surface area (Å²) in [7, 11) is 0. The molecule has 0 amide bonds. The molecule has 0 saturated carbocycles. The van der Waals surface area contributed by atoms with E-state index in [0.717, 1.165) is 52.4 Å². The summed E-state index contributed by atoms with van der Waals surface area (Å²) in [4.78, 5) is 28.4. The summed E-state index contributed by atoms with van der Waals surface area (Å²) in [5.74, 6) is -0.265. The molecule has 0 radical (unpaired) electrons. The minimum atomic E-state index is -0.153. The van der Waals surface area contributed by atoms with E-state index in [1.54, 1.807) is 0 Å². The molecule has 2 aliphatic heterocycles. The number of nitrogens with zero attached hydrogens (tertiary/aromatic N) is 3. The minimum Gasteiger partial charge on any atom is -0.465 e. The standard InChI is InChI=1S/C9H16N2O2S2.C8H16N2O2/c1-2-13-8(12)7-10-3-5-11(6-4-10)9(14)15;1-2-12-8(11)7-10-5-3-9-4-6-10/h2-7H2,1H3,(H,14,15);9H,2-7H2,1H3. The van der Waals surface area contributed by atoms with Crippen LogP contribution in [0.15, 0.2) is 0 Å². The largest absolute Gasteiger partial charge is 0.465 e. The first kappa shape index (κ1) is 24.1. The zero-order valence-electron chi connectivity index (χ0n) is 16.3. The molecular formula is C17H32N4O4S2. The van der Waals surface area contributed by atoms with Gasteiger partial charge in [-0.15, -0.1) is 12.6 Å². The van der Waals surface area contributed by atoms with E-state index < -0.39 is 0 Å². The topological polar surface area (TPSA) is 74.4 Å². The molecule has 0 aliphatic carbocycles. The highest BCUT2D eigenvalue weighted by Gasteiger charge is 2.19. The molecule has 2 aliphatic rings. The van der Waals surface area contributed by atoms with E-state index in [2.05, 4.69) is 27.7 Å². The summed E-state index contributed by atoms with van der Waals surface area (Å²) in [5, 5.41) is 3.23. The number of carbonyl (C=O) groups excluding carboxylic acids is 2. The molecule has 0 atom stereocenters. The van der Waals surface area contributed by atoms with Crippen LogP contribution in [-0.2, 0) is 19.1 Å². The van der Waals surface area contributed by atoms with Crippen molar-refractivity contribution >= 4 is 41.1 Å². The van der Waals surface area contributed by atoms with Crippen LogP contribution < -0.4 is 5.32 Å². The highest BCUT2D eigenvalue weighted by Crippen LogP contribution is 2.04. The van der Waals surface area contributed by atoms with Gasteiger partial charge >= 0.3 is 11.9 Å². The molecule has 2 fully saturated rings. The van der Waals surface area contributed by atoms with E-state index in [1.807, 2.05) is 18.7 Å². The van der Waals surface area contributed by atoms with E-state index in [4.69, 9.17) is 21.7 Å². The zero-order chi connectivity index (χ0) is 20.1. The van der Waals surface area contributed by atoms with Gasteiger partial charge in [-0.05, 0) is 13.8 Å². The maximum absolute atomic E-state index is 11.2.